The van der Waals surface area contributed by atoms with Crippen LogP contribution in [0.2, 0.25) is 0 Å². The Morgan fingerprint density at radius 3 is 2.95 bits per heavy atom. The SMILES string of the molecule is CCNc1ccnc(C(=O)NCC2CCS(=O)(=O)C2)c1. The second-order valence-electron chi connectivity index (χ2n) is 4.94. The van der Waals surface area contributed by atoms with Gasteiger partial charge in [-0.3, -0.25) is 9.78 Å². The predicted molar refractivity (Wildman–Crippen MR) is 77.5 cm³/mol. The first-order chi connectivity index (χ1) is 9.50. The van der Waals surface area contributed by atoms with Gasteiger partial charge < -0.3 is 10.6 Å². The molecule has 2 N–H and O–H groups in total. The molecule has 1 saturated heterocycles. The number of carbonyl (C=O) groups excluding carboxylic acids is 1. The molecule has 110 valence electrons. The van der Waals surface area contributed by atoms with Crippen LogP contribution in [0.3, 0.4) is 0 Å². The number of aromatic nitrogens is 1. The molecule has 7 heteroatoms. The van der Waals surface area contributed by atoms with E-state index in [4.69, 9.17) is 0 Å². The zero-order valence-electron chi connectivity index (χ0n) is 11.4. The van der Waals surface area contributed by atoms with Crippen molar-refractivity contribution >= 4 is 21.4 Å². The number of nitrogens with zero attached hydrogens (tertiary/aromatic N) is 1. The molecular weight excluding hydrogens is 278 g/mol. The van der Waals surface area contributed by atoms with Crippen molar-refractivity contribution in [3.8, 4) is 0 Å². The normalized spacial score (nSPS) is 20.6. The Morgan fingerprint density at radius 2 is 2.30 bits per heavy atom. The van der Waals surface area contributed by atoms with E-state index in [2.05, 4.69) is 15.6 Å². The van der Waals surface area contributed by atoms with Crippen LogP contribution < -0.4 is 10.6 Å². The topological polar surface area (TPSA) is 88.2 Å². The van der Waals surface area contributed by atoms with Gasteiger partial charge in [-0.25, -0.2) is 8.42 Å². The molecule has 0 spiro atoms. The van der Waals surface area contributed by atoms with Gasteiger partial charge in [-0.05, 0) is 31.4 Å². The summed E-state index contributed by atoms with van der Waals surface area (Å²) in [4.78, 5) is 16.0. The molecule has 1 aromatic rings. The van der Waals surface area contributed by atoms with E-state index >= 15 is 0 Å². The highest BCUT2D eigenvalue weighted by Gasteiger charge is 2.28. The van der Waals surface area contributed by atoms with Crippen molar-refractivity contribution in [2.45, 2.75) is 13.3 Å². The summed E-state index contributed by atoms with van der Waals surface area (Å²) in [6, 6.07) is 3.48. The second kappa shape index (κ2) is 6.21. The molecule has 0 saturated carbocycles. The van der Waals surface area contributed by atoms with Crippen molar-refractivity contribution in [2.24, 2.45) is 5.92 Å². The average Bonchev–Trinajstić information content (AvgIpc) is 2.76. The molecule has 1 fully saturated rings. The van der Waals surface area contributed by atoms with Crippen LogP contribution in [0.5, 0.6) is 0 Å². The van der Waals surface area contributed by atoms with Gasteiger partial charge in [0.05, 0.1) is 11.5 Å². The van der Waals surface area contributed by atoms with Crippen LogP contribution in [-0.4, -0.2) is 43.9 Å². The van der Waals surface area contributed by atoms with E-state index in [1.165, 1.54) is 0 Å². The number of hydrogen-bond acceptors (Lipinski definition) is 5. The van der Waals surface area contributed by atoms with Crippen molar-refractivity contribution in [3.63, 3.8) is 0 Å². The molecule has 0 radical (unpaired) electrons. The van der Waals surface area contributed by atoms with Crippen LogP contribution in [0.4, 0.5) is 5.69 Å². The van der Waals surface area contributed by atoms with Crippen LogP contribution >= 0.6 is 0 Å². The summed E-state index contributed by atoms with van der Waals surface area (Å²) in [5.41, 5.74) is 1.18. The van der Waals surface area contributed by atoms with Crippen LogP contribution in [0, 0.1) is 5.92 Å². The minimum absolute atomic E-state index is 0.0147. The van der Waals surface area contributed by atoms with Crippen LogP contribution in [0.15, 0.2) is 18.3 Å². The molecule has 1 atom stereocenters. The summed E-state index contributed by atoms with van der Waals surface area (Å²) in [6.07, 6.45) is 2.19. The summed E-state index contributed by atoms with van der Waals surface area (Å²) in [6.45, 7) is 3.12. The third-order valence-electron chi connectivity index (χ3n) is 3.25. The third kappa shape index (κ3) is 3.93. The fraction of sp³-hybridized carbons (Fsp3) is 0.538. The van der Waals surface area contributed by atoms with E-state index in [1.807, 2.05) is 6.92 Å². The molecule has 1 aliphatic rings. The maximum absolute atomic E-state index is 12.0. The first-order valence-corrected chi connectivity index (χ1v) is 8.51. The van der Waals surface area contributed by atoms with Gasteiger partial charge in [-0.15, -0.1) is 0 Å². The van der Waals surface area contributed by atoms with E-state index in [-0.39, 0.29) is 23.3 Å². The molecule has 0 aliphatic carbocycles. The lowest BCUT2D eigenvalue weighted by Gasteiger charge is -2.10. The van der Waals surface area contributed by atoms with Gasteiger partial charge in [-0.1, -0.05) is 0 Å². The molecule has 2 heterocycles. The lowest BCUT2D eigenvalue weighted by atomic mass is 10.1. The zero-order chi connectivity index (χ0) is 14.6. The van der Waals surface area contributed by atoms with E-state index in [0.717, 1.165) is 12.2 Å². The third-order valence-corrected chi connectivity index (χ3v) is 5.09. The summed E-state index contributed by atoms with van der Waals surface area (Å²) >= 11 is 0. The molecule has 1 aromatic heterocycles. The molecule has 0 aromatic carbocycles. The van der Waals surface area contributed by atoms with Gasteiger partial charge in [0, 0.05) is 25.0 Å². The van der Waals surface area contributed by atoms with Gasteiger partial charge in [0.1, 0.15) is 5.69 Å². The van der Waals surface area contributed by atoms with Crippen molar-refractivity contribution in [3.05, 3.63) is 24.0 Å². The summed E-state index contributed by atoms with van der Waals surface area (Å²) in [5.74, 6) is 0.134. The Hall–Kier alpha value is -1.63. The highest BCUT2D eigenvalue weighted by atomic mass is 32.2. The van der Waals surface area contributed by atoms with Gasteiger partial charge in [0.25, 0.3) is 5.91 Å². The Bertz CT molecular complexity index is 586. The van der Waals surface area contributed by atoms with Crippen molar-refractivity contribution in [2.75, 3.05) is 29.9 Å². The Kier molecular flexibility index (Phi) is 4.59. The molecule has 0 bridgehead atoms. The second-order valence-corrected chi connectivity index (χ2v) is 7.17. The van der Waals surface area contributed by atoms with Crippen molar-refractivity contribution < 1.29 is 13.2 Å². The van der Waals surface area contributed by atoms with Crippen molar-refractivity contribution in [1.29, 1.82) is 0 Å². The average molecular weight is 297 g/mol. The highest BCUT2D eigenvalue weighted by Crippen LogP contribution is 2.17. The zero-order valence-corrected chi connectivity index (χ0v) is 12.2. The smallest absolute Gasteiger partial charge is 0.269 e. The molecule has 1 amide bonds. The summed E-state index contributed by atoms with van der Waals surface area (Å²) in [5, 5.41) is 5.87. The molecule has 1 aliphatic heterocycles. The molecule has 2 rings (SSSR count). The van der Waals surface area contributed by atoms with Gasteiger partial charge in [0.2, 0.25) is 0 Å². The minimum atomic E-state index is -2.90. The van der Waals surface area contributed by atoms with Crippen LogP contribution in [0.25, 0.3) is 0 Å². The summed E-state index contributed by atoms with van der Waals surface area (Å²) < 4.78 is 22.7. The number of nitrogens with one attached hydrogen (secondary N) is 2. The van der Waals surface area contributed by atoms with Crippen molar-refractivity contribution in [1.82, 2.24) is 10.3 Å². The van der Waals surface area contributed by atoms with Gasteiger partial charge in [0.15, 0.2) is 9.84 Å². The number of sulfone groups is 1. The Morgan fingerprint density at radius 1 is 1.50 bits per heavy atom. The standard InChI is InChI=1S/C13H19N3O3S/c1-2-14-11-3-5-15-12(7-11)13(17)16-8-10-4-6-20(18,19)9-10/h3,5,7,10H,2,4,6,8-9H2,1H3,(H,14,15)(H,16,17). The van der Waals surface area contributed by atoms with Crippen LogP contribution in [-0.2, 0) is 9.84 Å². The predicted octanol–water partition coefficient (Wildman–Crippen LogP) is 0.678. The molecule has 20 heavy (non-hydrogen) atoms. The van der Waals surface area contributed by atoms with E-state index in [1.54, 1.807) is 18.3 Å². The quantitative estimate of drug-likeness (QED) is 0.834. The van der Waals surface area contributed by atoms with Gasteiger partial charge >= 0.3 is 0 Å². The number of anilines is 1. The minimum Gasteiger partial charge on any atom is -0.385 e. The maximum Gasteiger partial charge on any atom is 0.269 e. The molecular formula is C13H19N3O3S. The number of hydrogen-bond donors (Lipinski definition) is 2. The first kappa shape index (κ1) is 14.8. The van der Waals surface area contributed by atoms with E-state index in [0.29, 0.717) is 18.7 Å². The fourth-order valence-corrected chi connectivity index (χ4v) is 4.09. The van der Waals surface area contributed by atoms with E-state index < -0.39 is 9.84 Å². The Balaban J connectivity index is 1.90. The number of pyridine rings is 1. The summed E-state index contributed by atoms with van der Waals surface area (Å²) in [7, 11) is -2.90. The lowest BCUT2D eigenvalue weighted by Crippen LogP contribution is -2.30. The maximum atomic E-state index is 12.0. The largest absolute Gasteiger partial charge is 0.385 e. The monoisotopic (exact) mass is 297 g/mol. The molecule has 1 unspecified atom stereocenters. The number of amides is 1. The van der Waals surface area contributed by atoms with Crippen LogP contribution in [0.1, 0.15) is 23.8 Å². The molecule has 6 nitrogen and oxygen atoms in total. The number of carbonyl (C=O) groups is 1. The Labute approximate surface area is 118 Å². The first-order valence-electron chi connectivity index (χ1n) is 6.68. The number of rotatable bonds is 5. The highest BCUT2D eigenvalue weighted by molar-refractivity contribution is 7.91. The van der Waals surface area contributed by atoms with Gasteiger partial charge in [-0.2, -0.15) is 0 Å². The fourth-order valence-electron chi connectivity index (χ4n) is 2.23. The lowest BCUT2D eigenvalue weighted by molar-refractivity contribution is 0.0943. The van der Waals surface area contributed by atoms with E-state index in [9.17, 15) is 13.2 Å².